The van der Waals surface area contributed by atoms with E-state index in [1.807, 2.05) is 11.8 Å². The lowest BCUT2D eigenvalue weighted by Gasteiger charge is -2.06. The molecule has 0 saturated heterocycles. The third kappa shape index (κ3) is 6.75. The van der Waals surface area contributed by atoms with Crippen LogP contribution in [-0.4, -0.2) is 12.3 Å². The highest BCUT2D eigenvalue weighted by atomic mass is 32.2. The fraction of sp³-hybridized carbons (Fsp3) is 0.600. The number of hydrogen-bond donors (Lipinski definition) is 1. The molecule has 0 aromatic heterocycles. The van der Waals surface area contributed by atoms with Crippen LogP contribution in [-0.2, 0) is 6.54 Å². The third-order valence-corrected chi connectivity index (χ3v) is 3.75. The summed E-state index contributed by atoms with van der Waals surface area (Å²) in [7, 11) is 0. The molecule has 1 aromatic rings. The van der Waals surface area contributed by atoms with Gasteiger partial charge in [-0.15, -0.1) is 11.8 Å². The van der Waals surface area contributed by atoms with E-state index in [4.69, 9.17) is 0 Å². The third-order valence-electron chi connectivity index (χ3n) is 2.67. The van der Waals surface area contributed by atoms with Crippen LogP contribution in [0.3, 0.4) is 0 Å². The predicted molar refractivity (Wildman–Crippen MR) is 78.7 cm³/mol. The lowest BCUT2D eigenvalue weighted by atomic mass is 10.2. The highest BCUT2D eigenvalue weighted by Gasteiger charge is 1.97. The zero-order valence-corrected chi connectivity index (χ0v) is 12.0. The van der Waals surface area contributed by atoms with Gasteiger partial charge in [-0.25, -0.2) is 0 Å². The second-order valence-corrected chi connectivity index (χ2v) is 5.55. The molecule has 0 unspecified atom stereocenters. The second-order valence-electron chi connectivity index (χ2n) is 4.38. The first-order valence-corrected chi connectivity index (χ1v) is 7.77. The van der Waals surface area contributed by atoms with Gasteiger partial charge in [0.25, 0.3) is 0 Å². The summed E-state index contributed by atoms with van der Waals surface area (Å²) in [6.07, 6.45) is 5.19. The van der Waals surface area contributed by atoms with Gasteiger partial charge in [0.1, 0.15) is 0 Å². The average molecular weight is 251 g/mol. The quantitative estimate of drug-likeness (QED) is 0.513. The van der Waals surface area contributed by atoms with Crippen LogP contribution in [0.1, 0.15) is 45.1 Å². The van der Waals surface area contributed by atoms with E-state index in [2.05, 4.69) is 43.4 Å². The van der Waals surface area contributed by atoms with Crippen molar-refractivity contribution in [2.75, 3.05) is 12.3 Å². The monoisotopic (exact) mass is 251 g/mol. The normalized spacial score (nSPS) is 10.7. The highest BCUT2D eigenvalue weighted by Crippen LogP contribution is 2.20. The summed E-state index contributed by atoms with van der Waals surface area (Å²) in [6.45, 7) is 6.56. The maximum absolute atomic E-state index is 3.45. The fourth-order valence-corrected chi connectivity index (χ4v) is 2.69. The number of thioether (sulfide) groups is 1. The molecule has 1 rings (SSSR count). The van der Waals surface area contributed by atoms with Gasteiger partial charge in [-0.05, 0) is 42.8 Å². The average Bonchev–Trinajstić information content (AvgIpc) is 2.36. The predicted octanol–water partition coefficient (Wildman–Crippen LogP) is 4.47. The van der Waals surface area contributed by atoms with E-state index >= 15 is 0 Å². The van der Waals surface area contributed by atoms with Crippen molar-refractivity contribution in [2.45, 2.75) is 51.0 Å². The SMILES string of the molecule is CCCCCSc1cccc(CNCCC)c1. The van der Waals surface area contributed by atoms with Crippen LogP contribution in [0, 0.1) is 0 Å². The maximum Gasteiger partial charge on any atom is 0.0205 e. The molecule has 0 atom stereocenters. The number of hydrogen-bond acceptors (Lipinski definition) is 2. The van der Waals surface area contributed by atoms with Gasteiger partial charge in [0.05, 0.1) is 0 Å². The molecule has 96 valence electrons. The smallest absolute Gasteiger partial charge is 0.0205 e. The highest BCUT2D eigenvalue weighted by molar-refractivity contribution is 7.99. The Kier molecular flexibility index (Phi) is 8.20. The van der Waals surface area contributed by atoms with Crippen LogP contribution in [0.4, 0.5) is 0 Å². The molecule has 2 heteroatoms. The van der Waals surface area contributed by atoms with Crippen LogP contribution in [0.5, 0.6) is 0 Å². The minimum Gasteiger partial charge on any atom is -0.313 e. The van der Waals surface area contributed by atoms with Gasteiger partial charge >= 0.3 is 0 Å². The van der Waals surface area contributed by atoms with Crippen LogP contribution in [0.25, 0.3) is 0 Å². The first-order chi connectivity index (χ1) is 8.36. The minimum absolute atomic E-state index is 0.997. The van der Waals surface area contributed by atoms with Gasteiger partial charge < -0.3 is 5.32 Å². The fourth-order valence-electron chi connectivity index (χ4n) is 1.70. The zero-order valence-electron chi connectivity index (χ0n) is 11.2. The van der Waals surface area contributed by atoms with E-state index in [9.17, 15) is 0 Å². The van der Waals surface area contributed by atoms with Crippen LogP contribution >= 0.6 is 11.8 Å². The van der Waals surface area contributed by atoms with Crippen molar-refractivity contribution in [1.82, 2.24) is 5.32 Å². The molecule has 1 aromatic carbocycles. The molecule has 0 aliphatic heterocycles. The Hall–Kier alpha value is -0.470. The molecule has 0 radical (unpaired) electrons. The van der Waals surface area contributed by atoms with Crippen molar-refractivity contribution in [3.05, 3.63) is 29.8 Å². The minimum atomic E-state index is 0.997. The first kappa shape index (κ1) is 14.6. The molecular formula is C15H25NS. The number of rotatable bonds is 9. The summed E-state index contributed by atoms with van der Waals surface area (Å²) >= 11 is 1.99. The van der Waals surface area contributed by atoms with E-state index in [0.717, 1.165) is 13.1 Å². The molecule has 0 saturated carbocycles. The van der Waals surface area contributed by atoms with Crippen LogP contribution < -0.4 is 5.32 Å². The van der Waals surface area contributed by atoms with Gasteiger partial charge in [-0.2, -0.15) is 0 Å². The van der Waals surface area contributed by atoms with Crippen molar-refractivity contribution < 1.29 is 0 Å². The summed E-state index contributed by atoms with van der Waals surface area (Å²) < 4.78 is 0. The lowest BCUT2D eigenvalue weighted by molar-refractivity contribution is 0.674. The van der Waals surface area contributed by atoms with Gasteiger partial charge in [-0.3, -0.25) is 0 Å². The largest absolute Gasteiger partial charge is 0.313 e. The Bertz CT molecular complexity index is 299. The zero-order chi connectivity index (χ0) is 12.3. The summed E-state index contributed by atoms with van der Waals surface area (Å²) in [5.74, 6) is 1.25. The summed E-state index contributed by atoms with van der Waals surface area (Å²) in [6, 6.07) is 8.92. The number of unbranched alkanes of at least 4 members (excludes halogenated alkanes) is 2. The standard InChI is InChI=1S/C15H25NS/c1-3-5-6-11-17-15-9-7-8-14(12-15)13-16-10-4-2/h7-9,12,16H,3-6,10-11,13H2,1-2H3. The molecule has 17 heavy (non-hydrogen) atoms. The molecule has 0 aliphatic carbocycles. The molecule has 0 amide bonds. The van der Waals surface area contributed by atoms with Crippen molar-refractivity contribution in [3.8, 4) is 0 Å². The van der Waals surface area contributed by atoms with Gasteiger partial charge in [0, 0.05) is 11.4 Å². The molecule has 1 nitrogen and oxygen atoms in total. The molecule has 0 heterocycles. The molecule has 0 aliphatic rings. The maximum atomic E-state index is 3.45. The Morgan fingerprint density at radius 3 is 2.76 bits per heavy atom. The van der Waals surface area contributed by atoms with Crippen molar-refractivity contribution in [3.63, 3.8) is 0 Å². The van der Waals surface area contributed by atoms with E-state index in [-0.39, 0.29) is 0 Å². The van der Waals surface area contributed by atoms with Crippen molar-refractivity contribution in [1.29, 1.82) is 0 Å². The van der Waals surface area contributed by atoms with E-state index in [0.29, 0.717) is 0 Å². The molecule has 1 N–H and O–H groups in total. The van der Waals surface area contributed by atoms with Gasteiger partial charge in [0.15, 0.2) is 0 Å². The summed E-state index contributed by atoms with van der Waals surface area (Å²) in [4.78, 5) is 1.41. The Morgan fingerprint density at radius 1 is 1.12 bits per heavy atom. The van der Waals surface area contributed by atoms with Crippen molar-refractivity contribution in [2.24, 2.45) is 0 Å². The topological polar surface area (TPSA) is 12.0 Å². The number of nitrogens with one attached hydrogen (secondary N) is 1. The van der Waals surface area contributed by atoms with Crippen molar-refractivity contribution >= 4 is 11.8 Å². The Morgan fingerprint density at radius 2 is 2.00 bits per heavy atom. The Labute approximate surface area is 110 Å². The molecule has 0 spiro atoms. The second kappa shape index (κ2) is 9.55. The van der Waals surface area contributed by atoms with Gasteiger partial charge in [-0.1, -0.05) is 38.8 Å². The first-order valence-electron chi connectivity index (χ1n) is 6.79. The summed E-state index contributed by atoms with van der Waals surface area (Å²) in [5.41, 5.74) is 1.40. The summed E-state index contributed by atoms with van der Waals surface area (Å²) in [5, 5.41) is 3.45. The Balaban J connectivity index is 2.31. The lowest BCUT2D eigenvalue weighted by Crippen LogP contribution is -2.13. The molecular weight excluding hydrogens is 226 g/mol. The van der Waals surface area contributed by atoms with Gasteiger partial charge in [0.2, 0.25) is 0 Å². The van der Waals surface area contributed by atoms with E-state index in [1.54, 1.807) is 0 Å². The number of benzene rings is 1. The van der Waals surface area contributed by atoms with E-state index < -0.39 is 0 Å². The molecule has 0 fully saturated rings. The van der Waals surface area contributed by atoms with Crippen LogP contribution in [0.15, 0.2) is 29.2 Å². The van der Waals surface area contributed by atoms with Crippen LogP contribution in [0.2, 0.25) is 0 Å². The van der Waals surface area contributed by atoms with E-state index in [1.165, 1.54) is 41.9 Å². The molecule has 0 bridgehead atoms.